The molecule has 1 aromatic carbocycles. The SMILES string of the molecule is CC1CCCN1Cc1cccc(/C(N)=N/O)c1F. The van der Waals surface area contributed by atoms with Crippen LogP contribution in [0.1, 0.15) is 30.9 Å². The maximum atomic E-state index is 14.2. The highest BCUT2D eigenvalue weighted by molar-refractivity contribution is 5.97. The number of hydrogen-bond acceptors (Lipinski definition) is 3. The number of likely N-dealkylation sites (tertiary alicyclic amines) is 1. The van der Waals surface area contributed by atoms with Gasteiger partial charge in [-0.25, -0.2) is 4.39 Å². The van der Waals surface area contributed by atoms with Crippen LogP contribution in [0.25, 0.3) is 0 Å². The van der Waals surface area contributed by atoms with E-state index in [9.17, 15) is 4.39 Å². The van der Waals surface area contributed by atoms with Gasteiger partial charge in [0, 0.05) is 18.2 Å². The molecule has 0 radical (unpaired) electrons. The van der Waals surface area contributed by atoms with E-state index in [0.717, 1.165) is 19.4 Å². The molecule has 1 aliphatic rings. The first kappa shape index (κ1) is 12.8. The lowest BCUT2D eigenvalue weighted by molar-refractivity contribution is 0.256. The summed E-state index contributed by atoms with van der Waals surface area (Å²) >= 11 is 0. The number of nitrogens with two attached hydrogens (primary N) is 1. The molecule has 0 aliphatic carbocycles. The molecule has 2 rings (SSSR count). The zero-order chi connectivity index (χ0) is 13.1. The van der Waals surface area contributed by atoms with Gasteiger partial charge in [-0.3, -0.25) is 4.90 Å². The highest BCUT2D eigenvalue weighted by Gasteiger charge is 2.22. The Balaban J connectivity index is 2.23. The number of hydrogen-bond donors (Lipinski definition) is 2. The minimum absolute atomic E-state index is 0.154. The first-order valence-electron chi connectivity index (χ1n) is 6.13. The average Bonchev–Trinajstić information content (AvgIpc) is 2.77. The van der Waals surface area contributed by atoms with E-state index >= 15 is 0 Å². The molecule has 1 atom stereocenters. The Kier molecular flexibility index (Phi) is 3.81. The topological polar surface area (TPSA) is 61.8 Å². The summed E-state index contributed by atoms with van der Waals surface area (Å²) in [4.78, 5) is 2.24. The molecule has 4 nitrogen and oxygen atoms in total. The van der Waals surface area contributed by atoms with Crippen molar-refractivity contribution in [1.29, 1.82) is 0 Å². The number of amidine groups is 1. The van der Waals surface area contributed by atoms with E-state index in [-0.39, 0.29) is 11.4 Å². The van der Waals surface area contributed by atoms with Crippen molar-refractivity contribution in [3.05, 3.63) is 35.1 Å². The Morgan fingerprint density at radius 2 is 2.39 bits per heavy atom. The molecule has 0 spiro atoms. The maximum Gasteiger partial charge on any atom is 0.173 e. The lowest BCUT2D eigenvalue weighted by Crippen LogP contribution is -2.27. The van der Waals surface area contributed by atoms with Gasteiger partial charge in [0.05, 0.1) is 5.56 Å². The molecule has 98 valence electrons. The van der Waals surface area contributed by atoms with Gasteiger partial charge in [0.1, 0.15) is 5.82 Å². The van der Waals surface area contributed by atoms with Crippen molar-refractivity contribution in [3.63, 3.8) is 0 Å². The fraction of sp³-hybridized carbons (Fsp3) is 0.462. The van der Waals surface area contributed by atoms with E-state index in [1.807, 2.05) is 0 Å². The van der Waals surface area contributed by atoms with Gasteiger partial charge in [-0.05, 0) is 32.4 Å². The fourth-order valence-electron chi connectivity index (χ4n) is 2.40. The van der Waals surface area contributed by atoms with Crippen molar-refractivity contribution in [1.82, 2.24) is 4.90 Å². The molecule has 1 aliphatic heterocycles. The van der Waals surface area contributed by atoms with Crippen LogP contribution >= 0.6 is 0 Å². The third kappa shape index (κ3) is 2.46. The van der Waals surface area contributed by atoms with Gasteiger partial charge in [0.25, 0.3) is 0 Å². The lowest BCUT2D eigenvalue weighted by Gasteiger charge is -2.21. The van der Waals surface area contributed by atoms with Crippen molar-refractivity contribution in [3.8, 4) is 0 Å². The normalized spacial score (nSPS) is 21.4. The second kappa shape index (κ2) is 5.35. The molecule has 0 amide bonds. The molecule has 0 saturated carbocycles. The van der Waals surface area contributed by atoms with Crippen molar-refractivity contribution in [2.75, 3.05) is 6.54 Å². The van der Waals surface area contributed by atoms with E-state index < -0.39 is 5.82 Å². The first-order valence-corrected chi connectivity index (χ1v) is 6.13. The number of benzene rings is 1. The van der Waals surface area contributed by atoms with Crippen LogP contribution in [0.5, 0.6) is 0 Å². The van der Waals surface area contributed by atoms with Crippen molar-refractivity contribution < 1.29 is 9.60 Å². The summed E-state index contributed by atoms with van der Waals surface area (Å²) in [6, 6.07) is 5.47. The fourth-order valence-corrected chi connectivity index (χ4v) is 2.40. The van der Waals surface area contributed by atoms with Gasteiger partial charge in [-0.1, -0.05) is 17.3 Å². The van der Waals surface area contributed by atoms with Gasteiger partial charge < -0.3 is 10.9 Å². The van der Waals surface area contributed by atoms with Gasteiger partial charge in [0.2, 0.25) is 0 Å². The molecule has 0 bridgehead atoms. The van der Waals surface area contributed by atoms with E-state index in [0.29, 0.717) is 18.2 Å². The standard InChI is InChI=1S/C13H18FN3O/c1-9-4-3-7-17(9)8-10-5-2-6-11(12(10)14)13(15)16-18/h2,5-6,9,18H,3-4,7-8H2,1H3,(H2,15,16). The third-order valence-corrected chi connectivity index (χ3v) is 3.53. The molecule has 1 unspecified atom stereocenters. The lowest BCUT2D eigenvalue weighted by atomic mass is 10.1. The quantitative estimate of drug-likeness (QED) is 0.373. The Morgan fingerprint density at radius 3 is 3.00 bits per heavy atom. The Bertz CT molecular complexity index is 462. The molecule has 1 saturated heterocycles. The van der Waals surface area contributed by atoms with Crippen LogP contribution in [0.4, 0.5) is 4.39 Å². The highest BCUT2D eigenvalue weighted by Crippen LogP contribution is 2.21. The summed E-state index contributed by atoms with van der Waals surface area (Å²) in [5.74, 6) is -0.587. The molecule has 5 heteroatoms. The predicted octanol–water partition coefficient (Wildman–Crippen LogP) is 1.90. The van der Waals surface area contributed by atoms with Crippen LogP contribution in [0, 0.1) is 5.82 Å². The minimum atomic E-state index is -0.396. The van der Waals surface area contributed by atoms with Crippen molar-refractivity contribution in [2.24, 2.45) is 10.9 Å². The van der Waals surface area contributed by atoms with Gasteiger partial charge >= 0.3 is 0 Å². The molecule has 1 heterocycles. The van der Waals surface area contributed by atoms with Crippen molar-refractivity contribution in [2.45, 2.75) is 32.4 Å². The molecular weight excluding hydrogens is 233 g/mol. The van der Waals surface area contributed by atoms with Crippen LogP contribution in [0.3, 0.4) is 0 Å². The zero-order valence-electron chi connectivity index (χ0n) is 10.4. The Labute approximate surface area is 106 Å². The second-order valence-corrected chi connectivity index (χ2v) is 4.73. The van der Waals surface area contributed by atoms with Gasteiger partial charge in [-0.2, -0.15) is 0 Å². The summed E-state index contributed by atoms with van der Waals surface area (Å²) in [5, 5.41) is 11.5. The van der Waals surface area contributed by atoms with Crippen LogP contribution in [-0.2, 0) is 6.54 Å². The molecule has 3 N–H and O–H groups in total. The highest BCUT2D eigenvalue weighted by atomic mass is 19.1. The molecule has 0 aromatic heterocycles. The van der Waals surface area contributed by atoms with Crippen LogP contribution in [0.15, 0.2) is 23.4 Å². The summed E-state index contributed by atoms with van der Waals surface area (Å²) < 4.78 is 14.2. The summed E-state index contributed by atoms with van der Waals surface area (Å²) in [6.07, 6.45) is 2.31. The van der Waals surface area contributed by atoms with E-state index in [1.54, 1.807) is 12.1 Å². The number of rotatable bonds is 3. The first-order chi connectivity index (χ1) is 8.63. The molecular formula is C13H18FN3O. The molecule has 18 heavy (non-hydrogen) atoms. The smallest absolute Gasteiger partial charge is 0.173 e. The summed E-state index contributed by atoms with van der Waals surface area (Å²) in [5.41, 5.74) is 6.19. The van der Waals surface area contributed by atoms with E-state index in [4.69, 9.17) is 10.9 Å². The average molecular weight is 251 g/mol. The Hall–Kier alpha value is -1.62. The van der Waals surface area contributed by atoms with Crippen LogP contribution in [0.2, 0.25) is 0 Å². The van der Waals surface area contributed by atoms with Gasteiger partial charge in [0.15, 0.2) is 5.84 Å². The number of oxime groups is 1. The second-order valence-electron chi connectivity index (χ2n) is 4.73. The maximum absolute atomic E-state index is 14.2. The zero-order valence-corrected chi connectivity index (χ0v) is 10.4. The van der Waals surface area contributed by atoms with E-state index in [1.165, 1.54) is 6.07 Å². The number of halogens is 1. The molecule has 1 fully saturated rings. The van der Waals surface area contributed by atoms with Gasteiger partial charge in [-0.15, -0.1) is 0 Å². The van der Waals surface area contributed by atoms with Crippen LogP contribution in [-0.4, -0.2) is 28.5 Å². The minimum Gasteiger partial charge on any atom is -0.409 e. The summed E-state index contributed by atoms with van der Waals surface area (Å²) in [7, 11) is 0. The monoisotopic (exact) mass is 251 g/mol. The van der Waals surface area contributed by atoms with E-state index in [2.05, 4.69) is 17.0 Å². The largest absolute Gasteiger partial charge is 0.409 e. The number of nitrogens with zero attached hydrogens (tertiary/aromatic N) is 2. The Morgan fingerprint density at radius 1 is 1.61 bits per heavy atom. The van der Waals surface area contributed by atoms with Crippen LogP contribution < -0.4 is 5.73 Å². The van der Waals surface area contributed by atoms with Crippen molar-refractivity contribution >= 4 is 5.84 Å². The predicted molar refractivity (Wildman–Crippen MR) is 68.0 cm³/mol. The molecule has 1 aromatic rings. The third-order valence-electron chi connectivity index (χ3n) is 3.53. The summed E-state index contributed by atoms with van der Waals surface area (Å²) in [6.45, 7) is 3.71.